The highest BCUT2D eigenvalue weighted by Gasteiger charge is 2.26. The Morgan fingerprint density at radius 1 is 0.787 bits per heavy atom. The first-order chi connectivity index (χ1) is 29.9. The Bertz CT molecular complexity index is 2320. The average molecular weight is 825 g/mol. The number of carbonyl (C=O) groups is 2. The van der Waals surface area contributed by atoms with Crippen molar-refractivity contribution < 1.29 is 28.5 Å². The SMILES string of the molecule is C=C/C=C(\C=C/C)C(=O)Nc1nc(OCCc2ccccn2)cc(N2CCOC(c3cccc(C(=O)Nc4nc(OCCc5ccccn5)cc(N5CCOCC5)n4)c3)C2)n1. The monoisotopic (exact) mass is 824 g/mol. The van der Waals surface area contributed by atoms with Crippen LogP contribution in [0.15, 0.2) is 122 Å². The quantitative estimate of drug-likeness (QED) is 0.0875. The largest absolute Gasteiger partial charge is 0.477 e. The van der Waals surface area contributed by atoms with Gasteiger partial charge in [0.15, 0.2) is 0 Å². The predicted octanol–water partition coefficient (Wildman–Crippen LogP) is 5.59. The minimum Gasteiger partial charge on any atom is -0.477 e. The number of allylic oxidation sites excluding steroid dienone is 3. The molecular formula is C45H48N10O6. The summed E-state index contributed by atoms with van der Waals surface area (Å²) in [5.74, 6) is 1.22. The Hall–Kier alpha value is -7.04. The Balaban J connectivity index is 1.06. The topological polar surface area (TPSA) is 179 Å². The molecule has 0 aliphatic carbocycles. The lowest BCUT2D eigenvalue weighted by atomic mass is 10.0. The first-order valence-electron chi connectivity index (χ1n) is 20.1. The van der Waals surface area contributed by atoms with E-state index in [1.807, 2.05) is 60.4 Å². The zero-order valence-electron chi connectivity index (χ0n) is 34.0. The molecule has 61 heavy (non-hydrogen) atoms. The second kappa shape index (κ2) is 21.3. The van der Waals surface area contributed by atoms with Gasteiger partial charge in [0.25, 0.3) is 11.8 Å². The zero-order chi connectivity index (χ0) is 42.2. The fourth-order valence-electron chi connectivity index (χ4n) is 6.61. The molecule has 2 aliphatic rings. The van der Waals surface area contributed by atoms with Crippen molar-refractivity contribution in [1.29, 1.82) is 0 Å². The lowest BCUT2D eigenvalue weighted by Gasteiger charge is -2.34. The Morgan fingerprint density at radius 3 is 2.05 bits per heavy atom. The van der Waals surface area contributed by atoms with Gasteiger partial charge >= 0.3 is 0 Å². The molecule has 0 saturated carbocycles. The molecule has 1 atom stereocenters. The lowest BCUT2D eigenvalue weighted by molar-refractivity contribution is -0.112. The van der Waals surface area contributed by atoms with Crippen molar-refractivity contribution in [2.24, 2.45) is 0 Å². The summed E-state index contributed by atoms with van der Waals surface area (Å²) in [5.41, 5.74) is 3.36. The molecule has 1 aromatic carbocycles. The summed E-state index contributed by atoms with van der Waals surface area (Å²) in [6.07, 6.45) is 10.8. The molecule has 5 aromatic rings. The molecule has 2 N–H and O–H groups in total. The highest BCUT2D eigenvalue weighted by atomic mass is 16.5. The number of pyridine rings is 2. The van der Waals surface area contributed by atoms with E-state index >= 15 is 0 Å². The second-order valence-corrected chi connectivity index (χ2v) is 13.9. The van der Waals surface area contributed by atoms with Crippen LogP contribution in [0.3, 0.4) is 0 Å². The number of hydrogen-bond donors (Lipinski definition) is 2. The maximum atomic E-state index is 13.8. The molecule has 314 valence electrons. The number of nitrogens with one attached hydrogen (secondary N) is 2. The molecule has 7 rings (SSSR count). The van der Waals surface area contributed by atoms with E-state index in [1.165, 1.54) is 0 Å². The van der Waals surface area contributed by atoms with Gasteiger partial charge in [0.1, 0.15) is 17.7 Å². The smallest absolute Gasteiger partial charge is 0.258 e. The van der Waals surface area contributed by atoms with Crippen LogP contribution in [0, 0.1) is 0 Å². The van der Waals surface area contributed by atoms with Crippen molar-refractivity contribution in [1.82, 2.24) is 29.9 Å². The first-order valence-corrected chi connectivity index (χ1v) is 20.1. The van der Waals surface area contributed by atoms with Crippen LogP contribution in [0.25, 0.3) is 0 Å². The van der Waals surface area contributed by atoms with E-state index in [1.54, 1.807) is 61.0 Å². The number of anilines is 4. The summed E-state index contributed by atoms with van der Waals surface area (Å²) in [6.45, 7) is 9.91. The number of amides is 2. The van der Waals surface area contributed by atoms with Gasteiger partial charge in [-0.25, -0.2) is 0 Å². The van der Waals surface area contributed by atoms with Gasteiger partial charge in [0.2, 0.25) is 23.7 Å². The molecule has 0 bridgehead atoms. The van der Waals surface area contributed by atoms with Gasteiger partial charge in [0.05, 0.1) is 33.0 Å². The van der Waals surface area contributed by atoms with Gasteiger partial charge in [-0.15, -0.1) is 0 Å². The number of aromatic nitrogens is 6. The summed E-state index contributed by atoms with van der Waals surface area (Å²) in [4.78, 5) is 58.3. The number of carbonyl (C=O) groups excluding carboxylic acids is 2. The molecule has 6 heterocycles. The van der Waals surface area contributed by atoms with Gasteiger partial charge in [-0.2, -0.15) is 19.9 Å². The standard InChI is InChI=1S/C45H48N10O6/c1-3-10-32(11-4-2)42(56)52-45-49-39(30-41(51-45)61-24-17-36-15-6-8-19-47-36)55-22-27-59-37(31-55)33-12-9-13-34(28-33)43(57)53-44-48-38(54-20-25-58-26-21-54)29-40(50-44)60-23-16-35-14-5-7-18-46-35/h3-15,18-19,28-30,37H,1,16-17,20-27,31H2,2H3,(H,48,50,53,57)(H,49,51,52,56)/b11-4-,32-10+. The van der Waals surface area contributed by atoms with Gasteiger partial charge in [-0.3, -0.25) is 30.2 Å². The second-order valence-electron chi connectivity index (χ2n) is 13.9. The maximum absolute atomic E-state index is 13.8. The van der Waals surface area contributed by atoms with Crippen molar-refractivity contribution in [2.45, 2.75) is 25.9 Å². The molecule has 0 radical (unpaired) electrons. The fourth-order valence-corrected chi connectivity index (χ4v) is 6.61. The number of ether oxygens (including phenoxy) is 4. The Morgan fingerprint density at radius 2 is 1.43 bits per heavy atom. The van der Waals surface area contributed by atoms with Crippen molar-refractivity contribution in [3.05, 3.63) is 144 Å². The van der Waals surface area contributed by atoms with Crippen molar-refractivity contribution in [3.63, 3.8) is 0 Å². The fraction of sp³-hybridized carbons (Fsp3) is 0.289. The molecule has 2 amide bonds. The van der Waals surface area contributed by atoms with E-state index in [4.69, 9.17) is 23.9 Å². The molecule has 2 aliphatic heterocycles. The van der Waals surface area contributed by atoms with Gasteiger partial charge in [-0.1, -0.05) is 55.1 Å². The van der Waals surface area contributed by atoms with Crippen molar-refractivity contribution in [3.8, 4) is 11.8 Å². The number of hydrogen-bond acceptors (Lipinski definition) is 14. The van der Waals surface area contributed by atoms with Crippen LogP contribution in [0.2, 0.25) is 0 Å². The van der Waals surface area contributed by atoms with E-state index in [9.17, 15) is 9.59 Å². The van der Waals surface area contributed by atoms with Crippen LogP contribution >= 0.6 is 0 Å². The molecule has 2 saturated heterocycles. The van der Waals surface area contributed by atoms with Crippen molar-refractivity contribution in [2.75, 3.05) is 79.6 Å². The van der Waals surface area contributed by atoms with Crippen LogP contribution in [-0.4, -0.2) is 101 Å². The van der Waals surface area contributed by atoms with Crippen LogP contribution in [-0.2, 0) is 27.1 Å². The summed E-state index contributed by atoms with van der Waals surface area (Å²) in [7, 11) is 0. The third kappa shape index (κ3) is 12.0. The van der Waals surface area contributed by atoms with Crippen LogP contribution < -0.4 is 29.9 Å². The summed E-state index contributed by atoms with van der Waals surface area (Å²) >= 11 is 0. The number of benzene rings is 1. The molecule has 1 unspecified atom stereocenters. The molecule has 2 fully saturated rings. The zero-order valence-corrected chi connectivity index (χ0v) is 34.0. The van der Waals surface area contributed by atoms with Crippen LogP contribution in [0.4, 0.5) is 23.5 Å². The predicted molar refractivity (Wildman–Crippen MR) is 231 cm³/mol. The van der Waals surface area contributed by atoms with Crippen LogP contribution in [0.5, 0.6) is 11.8 Å². The highest BCUT2D eigenvalue weighted by molar-refractivity contribution is 6.05. The van der Waals surface area contributed by atoms with Crippen LogP contribution in [0.1, 0.15) is 40.3 Å². The third-order valence-corrected chi connectivity index (χ3v) is 9.65. The van der Waals surface area contributed by atoms with E-state index in [2.05, 4.69) is 47.0 Å². The minimum atomic E-state index is -0.417. The molecule has 16 heteroatoms. The molecular weight excluding hydrogens is 777 g/mol. The Kier molecular flexibility index (Phi) is 14.7. The average Bonchev–Trinajstić information content (AvgIpc) is 3.30. The number of morpholine rings is 2. The lowest BCUT2D eigenvalue weighted by Crippen LogP contribution is -2.39. The number of nitrogens with zero attached hydrogens (tertiary/aromatic N) is 8. The molecule has 0 spiro atoms. The van der Waals surface area contributed by atoms with Gasteiger partial charge in [-0.05, 0) is 48.9 Å². The summed E-state index contributed by atoms with van der Waals surface area (Å²) < 4.78 is 23.9. The van der Waals surface area contributed by atoms with Crippen molar-refractivity contribution >= 4 is 35.3 Å². The minimum absolute atomic E-state index is 0.0816. The normalized spacial score (nSPS) is 15.6. The number of rotatable bonds is 17. The maximum Gasteiger partial charge on any atom is 0.258 e. The van der Waals surface area contributed by atoms with E-state index < -0.39 is 12.0 Å². The Labute approximate surface area is 354 Å². The van der Waals surface area contributed by atoms with E-state index in [0.717, 1.165) is 17.0 Å². The molecule has 16 nitrogen and oxygen atoms in total. The first kappa shape index (κ1) is 42.1. The van der Waals surface area contributed by atoms with E-state index in [-0.39, 0.29) is 17.8 Å². The summed E-state index contributed by atoms with van der Waals surface area (Å²) in [5, 5.41) is 5.70. The third-order valence-electron chi connectivity index (χ3n) is 9.65. The summed E-state index contributed by atoms with van der Waals surface area (Å²) in [6, 6.07) is 22.2. The van der Waals surface area contributed by atoms with E-state index in [0.29, 0.717) is 107 Å². The molecule has 4 aromatic heterocycles. The van der Waals surface area contributed by atoms with Gasteiger partial charge < -0.3 is 28.7 Å². The highest BCUT2D eigenvalue weighted by Crippen LogP contribution is 2.29. The van der Waals surface area contributed by atoms with Gasteiger partial charge in [0, 0.05) is 86.1 Å².